The molecule has 2 aromatic rings. The average molecular weight is 303 g/mol. The molecule has 0 amide bonds. The maximum absolute atomic E-state index is 11.0. The largest absolute Gasteiger partial charge is 0.273 e. The van der Waals surface area contributed by atoms with Crippen LogP contribution in [-0.2, 0) is 10.0 Å². The number of benzene rings is 1. The van der Waals surface area contributed by atoms with Crippen molar-refractivity contribution >= 4 is 26.0 Å². The van der Waals surface area contributed by atoms with E-state index in [1.54, 1.807) is 12.1 Å². The summed E-state index contributed by atoms with van der Waals surface area (Å²) in [6.07, 6.45) is 0. The predicted molar refractivity (Wildman–Crippen MR) is 60.9 cm³/mol. The Bertz CT molecular complexity index is 605. The Morgan fingerprint density at radius 2 is 1.88 bits per heavy atom. The second-order valence-corrected chi connectivity index (χ2v) is 5.41. The summed E-state index contributed by atoms with van der Waals surface area (Å²) in [6.45, 7) is 0. The highest BCUT2D eigenvalue weighted by molar-refractivity contribution is 9.10. The predicted octanol–water partition coefficient (Wildman–Crippen LogP) is 0.882. The van der Waals surface area contributed by atoms with Crippen molar-refractivity contribution in [2.24, 2.45) is 5.14 Å². The van der Waals surface area contributed by atoms with Crippen LogP contribution in [-0.4, -0.2) is 23.6 Å². The highest BCUT2D eigenvalue weighted by atomic mass is 79.9. The molecule has 84 valence electrons. The number of hydrogen-bond donors (Lipinski definition) is 2. The van der Waals surface area contributed by atoms with Gasteiger partial charge in [-0.1, -0.05) is 28.1 Å². The first-order valence-corrected chi connectivity index (χ1v) is 6.52. The molecule has 0 saturated heterocycles. The zero-order valence-corrected chi connectivity index (χ0v) is 10.3. The molecule has 0 saturated carbocycles. The van der Waals surface area contributed by atoms with Crippen molar-refractivity contribution in [3.8, 4) is 11.4 Å². The first-order chi connectivity index (χ1) is 7.47. The summed E-state index contributed by atoms with van der Waals surface area (Å²) in [5, 5.41) is 10.6. The minimum Gasteiger partial charge on any atom is -0.248 e. The van der Waals surface area contributed by atoms with Crippen LogP contribution in [0.2, 0.25) is 0 Å². The van der Waals surface area contributed by atoms with Crippen LogP contribution in [0.5, 0.6) is 0 Å². The number of aromatic nitrogens is 3. The van der Waals surface area contributed by atoms with Gasteiger partial charge in [0, 0.05) is 10.0 Å². The number of nitrogens with two attached hydrogens (primary N) is 1. The van der Waals surface area contributed by atoms with Crippen molar-refractivity contribution in [3.63, 3.8) is 0 Å². The summed E-state index contributed by atoms with van der Waals surface area (Å²) in [5.74, 6) is 0.288. The Morgan fingerprint density at radius 3 is 2.38 bits per heavy atom. The highest BCUT2D eigenvalue weighted by Crippen LogP contribution is 2.18. The molecular weight excluding hydrogens is 296 g/mol. The Labute approximate surface area is 100 Å². The topological polar surface area (TPSA) is 102 Å². The van der Waals surface area contributed by atoms with Crippen LogP contribution in [0.1, 0.15) is 0 Å². The Morgan fingerprint density at radius 1 is 1.25 bits per heavy atom. The van der Waals surface area contributed by atoms with Gasteiger partial charge in [0.1, 0.15) is 0 Å². The number of rotatable bonds is 2. The second-order valence-electron chi connectivity index (χ2n) is 3.02. The molecule has 1 aromatic carbocycles. The number of nitrogens with zero attached hydrogens (tertiary/aromatic N) is 2. The zero-order chi connectivity index (χ0) is 11.8. The lowest BCUT2D eigenvalue weighted by molar-refractivity contribution is 0.589. The molecule has 0 radical (unpaired) electrons. The number of hydrogen-bond acceptors (Lipinski definition) is 4. The number of halogens is 1. The standard InChI is InChI=1S/C8H7BrN4O2S/c9-6-3-1-5(2-4-6)7-11-8(13-12-7)16(10,14)15/h1-4H,(H2,10,14,15)(H,11,12,13). The molecule has 0 atom stereocenters. The van der Waals surface area contributed by atoms with E-state index in [2.05, 4.69) is 31.1 Å². The first-order valence-electron chi connectivity index (χ1n) is 4.18. The minimum absolute atomic E-state index is 0.288. The molecule has 8 heteroatoms. The number of nitrogens with one attached hydrogen (secondary N) is 1. The summed E-state index contributed by atoms with van der Waals surface area (Å²) in [6, 6.07) is 7.14. The third kappa shape index (κ3) is 2.29. The second kappa shape index (κ2) is 3.96. The summed E-state index contributed by atoms with van der Waals surface area (Å²) < 4.78 is 22.9. The number of sulfonamides is 1. The van der Waals surface area contributed by atoms with Crippen LogP contribution in [0.25, 0.3) is 11.4 Å². The van der Waals surface area contributed by atoms with Crippen molar-refractivity contribution in [1.82, 2.24) is 15.2 Å². The number of primary sulfonamides is 1. The van der Waals surface area contributed by atoms with E-state index in [-0.39, 0.29) is 11.0 Å². The Kier molecular flexibility index (Phi) is 2.78. The lowest BCUT2D eigenvalue weighted by atomic mass is 10.2. The average Bonchev–Trinajstić information content (AvgIpc) is 2.67. The smallest absolute Gasteiger partial charge is 0.248 e. The molecule has 6 nitrogen and oxygen atoms in total. The highest BCUT2D eigenvalue weighted by Gasteiger charge is 2.14. The monoisotopic (exact) mass is 302 g/mol. The van der Waals surface area contributed by atoms with Gasteiger partial charge in [-0.2, -0.15) is 10.1 Å². The minimum atomic E-state index is -3.84. The molecule has 2 rings (SSSR count). The van der Waals surface area contributed by atoms with Crippen molar-refractivity contribution in [3.05, 3.63) is 28.7 Å². The van der Waals surface area contributed by atoms with Gasteiger partial charge in [0.15, 0.2) is 5.82 Å². The Balaban J connectivity index is 2.43. The maximum atomic E-state index is 11.0. The van der Waals surface area contributed by atoms with Crippen LogP contribution in [0, 0.1) is 0 Å². The molecule has 0 fully saturated rings. The quantitative estimate of drug-likeness (QED) is 0.859. The molecule has 0 bridgehead atoms. The van der Waals surface area contributed by atoms with Gasteiger partial charge < -0.3 is 0 Å². The van der Waals surface area contributed by atoms with Gasteiger partial charge in [-0.05, 0) is 12.1 Å². The van der Waals surface area contributed by atoms with Crippen molar-refractivity contribution in [2.45, 2.75) is 5.16 Å². The fraction of sp³-hybridized carbons (Fsp3) is 0. The molecule has 1 heterocycles. The van der Waals surface area contributed by atoms with E-state index in [0.29, 0.717) is 5.56 Å². The van der Waals surface area contributed by atoms with Crippen LogP contribution in [0.3, 0.4) is 0 Å². The molecule has 0 aliphatic carbocycles. The summed E-state index contributed by atoms with van der Waals surface area (Å²) in [5.41, 5.74) is 0.703. The van der Waals surface area contributed by atoms with Gasteiger partial charge in [0.05, 0.1) is 0 Å². The van der Waals surface area contributed by atoms with E-state index < -0.39 is 10.0 Å². The normalized spacial score (nSPS) is 11.6. The SMILES string of the molecule is NS(=O)(=O)c1nc(-c2ccc(Br)cc2)n[nH]1. The first kappa shape index (κ1) is 11.2. The molecular formula is C8H7BrN4O2S. The van der Waals surface area contributed by atoms with Gasteiger partial charge in [-0.3, -0.25) is 0 Å². The van der Waals surface area contributed by atoms with E-state index >= 15 is 0 Å². The molecule has 0 aliphatic rings. The summed E-state index contributed by atoms with van der Waals surface area (Å²) in [4.78, 5) is 3.79. The van der Waals surface area contributed by atoms with Crippen molar-refractivity contribution in [2.75, 3.05) is 0 Å². The molecule has 0 aliphatic heterocycles. The van der Waals surface area contributed by atoms with Crippen LogP contribution >= 0.6 is 15.9 Å². The van der Waals surface area contributed by atoms with E-state index in [4.69, 9.17) is 5.14 Å². The van der Waals surface area contributed by atoms with Gasteiger partial charge in [-0.15, -0.1) is 0 Å². The fourth-order valence-corrected chi connectivity index (χ4v) is 1.75. The van der Waals surface area contributed by atoms with Crippen molar-refractivity contribution < 1.29 is 8.42 Å². The van der Waals surface area contributed by atoms with Crippen LogP contribution < -0.4 is 5.14 Å². The lowest BCUT2D eigenvalue weighted by Crippen LogP contribution is -2.13. The zero-order valence-electron chi connectivity index (χ0n) is 7.88. The molecule has 1 aromatic heterocycles. The molecule has 16 heavy (non-hydrogen) atoms. The lowest BCUT2D eigenvalue weighted by Gasteiger charge is -1.94. The summed E-state index contributed by atoms with van der Waals surface area (Å²) >= 11 is 3.29. The van der Waals surface area contributed by atoms with Crippen molar-refractivity contribution in [1.29, 1.82) is 0 Å². The van der Waals surface area contributed by atoms with Crippen LogP contribution in [0.15, 0.2) is 33.9 Å². The van der Waals surface area contributed by atoms with Gasteiger partial charge in [0.2, 0.25) is 0 Å². The van der Waals surface area contributed by atoms with E-state index in [9.17, 15) is 8.42 Å². The fourth-order valence-electron chi connectivity index (χ4n) is 1.10. The Hall–Kier alpha value is -1.25. The number of aromatic amines is 1. The number of H-pyrrole nitrogens is 1. The van der Waals surface area contributed by atoms with E-state index in [0.717, 1.165) is 4.47 Å². The molecule has 3 N–H and O–H groups in total. The third-order valence-corrected chi connectivity index (χ3v) is 3.09. The van der Waals surface area contributed by atoms with Gasteiger partial charge in [-0.25, -0.2) is 18.7 Å². The maximum Gasteiger partial charge on any atom is 0.273 e. The van der Waals surface area contributed by atoms with E-state index in [1.807, 2.05) is 12.1 Å². The summed E-state index contributed by atoms with van der Waals surface area (Å²) in [7, 11) is -3.84. The third-order valence-electron chi connectivity index (χ3n) is 1.84. The molecule has 0 spiro atoms. The van der Waals surface area contributed by atoms with Gasteiger partial charge in [0.25, 0.3) is 15.2 Å². The van der Waals surface area contributed by atoms with E-state index in [1.165, 1.54) is 0 Å². The van der Waals surface area contributed by atoms with Gasteiger partial charge >= 0.3 is 0 Å². The molecule has 0 unspecified atom stereocenters. The van der Waals surface area contributed by atoms with Crippen LogP contribution in [0.4, 0.5) is 0 Å².